The molecule has 6 nitrogen and oxygen atoms in total. The molecule has 10 heteroatoms. The summed E-state index contributed by atoms with van der Waals surface area (Å²) in [5.41, 5.74) is -1.46. The first-order chi connectivity index (χ1) is 11.1. The van der Waals surface area contributed by atoms with Gasteiger partial charge in [0.25, 0.3) is 5.78 Å². The van der Waals surface area contributed by atoms with Crippen LogP contribution >= 0.6 is 39.1 Å². The Morgan fingerprint density at radius 1 is 1.38 bits per heavy atom. The summed E-state index contributed by atoms with van der Waals surface area (Å²) in [6, 6.07) is 4.62. The minimum absolute atomic E-state index is 0.0891. The first-order valence-electron chi connectivity index (χ1n) is 6.80. The van der Waals surface area contributed by atoms with E-state index in [-0.39, 0.29) is 21.4 Å². The number of aliphatic hydroxyl groups excluding tert-OH is 1. The zero-order valence-electron chi connectivity index (χ0n) is 12.5. The molecular formula is C14H14BrCl2NO5S. The minimum atomic E-state index is -3.77. The van der Waals surface area contributed by atoms with Gasteiger partial charge in [0.15, 0.2) is 0 Å². The number of hydrogen-bond donors (Lipinski definition) is 2. The van der Waals surface area contributed by atoms with Gasteiger partial charge in [0.2, 0.25) is 27.3 Å². The van der Waals surface area contributed by atoms with Crippen LogP contribution < -0.4 is 4.72 Å². The van der Waals surface area contributed by atoms with Gasteiger partial charge >= 0.3 is 0 Å². The lowest BCUT2D eigenvalue weighted by Gasteiger charge is -2.25. The van der Waals surface area contributed by atoms with Crippen molar-refractivity contribution in [3.63, 3.8) is 0 Å². The van der Waals surface area contributed by atoms with Crippen molar-refractivity contribution in [2.24, 2.45) is 0 Å². The fraction of sp³-hybridized carbons (Fsp3) is 0.357. The van der Waals surface area contributed by atoms with Crippen LogP contribution in [0.2, 0.25) is 10.0 Å². The van der Waals surface area contributed by atoms with Crippen LogP contribution in [-0.4, -0.2) is 30.4 Å². The van der Waals surface area contributed by atoms with Crippen molar-refractivity contribution < 1.29 is 23.1 Å². The maximum absolute atomic E-state index is 12.4. The van der Waals surface area contributed by atoms with Crippen molar-refractivity contribution in [2.45, 2.75) is 18.9 Å². The van der Waals surface area contributed by atoms with E-state index >= 15 is 0 Å². The first kappa shape index (κ1) is 19.4. The molecule has 1 atom stereocenters. The minimum Gasteiger partial charge on any atom is -0.501 e. The molecule has 1 heterocycles. The van der Waals surface area contributed by atoms with Gasteiger partial charge in [0, 0.05) is 10.9 Å². The van der Waals surface area contributed by atoms with Crippen LogP contribution in [0.15, 0.2) is 29.8 Å². The summed E-state index contributed by atoms with van der Waals surface area (Å²) in [5.74, 6) is -2.34. The number of ketones is 1. The average molecular weight is 459 g/mol. The summed E-state index contributed by atoms with van der Waals surface area (Å²) in [5, 5.41) is 10.8. The Kier molecular flexibility index (Phi) is 5.74. The Morgan fingerprint density at radius 3 is 2.67 bits per heavy atom. The predicted octanol–water partition coefficient (Wildman–Crippen LogP) is 3.24. The highest BCUT2D eigenvalue weighted by Crippen LogP contribution is 2.42. The summed E-state index contributed by atoms with van der Waals surface area (Å²) in [6.07, 6.45) is 0.356. The second-order valence-electron chi connectivity index (χ2n) is 5.21. The van der Waals surface area contributed by atoms with Gasteiger partial charge in [-0.1, -0.05) is 51.3 Å². The Bertz CT molecular complexity index is 811. The molecule has 1 aromatic rings. The molecule has 2 N–H and O–H groups in total. The van der Waals surface area contributed by atoms with E-state index in [0.717, 1.165) is 0 Å². The number of halogens is 3. The first-order valence-corrected chi connectivity index (χ1v) is 10.3. The standard InChI is InChI=1S/C14H14BrCl2NO5S/c1-14(8-4-2-5-9(16)10(8)17)12(20)11(19)13(23-14)18-24(21,22)7-3-6-15/h2,4-5,18-19H,3,6-7H2,1H3. The van der Waals surface area contributed by atoms with E-state index in [1.165, 1.54) is 19.1 Å². The summed E-state index contributed by atoms with van der Waals surface area (Å²) >= 11 is 15.2. The molecule has 0 amide bonds. The van der Waals surface area contributed by atoms with Crippen LogP contribution in [0.3, 0.4) is 0 Å². The molecule has 1 aliphatic heterocycles. The Hall–Kier alpha value is -0.960. The average Bonchev–Trinajstić information content (AvgIpc) is 2.72. The maximum atomic E-state index is 12.4. The highest BCUT2D eigenvalue weighted by atomic mass is 79.9. The topological polar surface area (TPSA) is 92.7 Å². The zero-order valence-corrected chi connectivity index (χ0v) is 16.4. The van der Waals surface area contributed by atoms with Crippen molar-refractivity contribution in [1.82, 2.24) is 4.72 Å². The number of Topliss-reactive ketones (excluding diaryl/α,β-unsaturated/α-hetero) is 1. The third-order valence-electron chi connectivity index (χ3n) is 3.43. The molecule has 1 aliphatic rings. The highest BCUT2D eigenvalue weighted by Gasteiger charge is 2.49. The molecule has 0 radical (unpaired) electrons. The van der Waals surface area contributed by atoms with E-state index in [2.05, 4.69) is 20.7 Å². The highest BCUT2D eigenvalue weighted by molar-refractivity contribution is 9.09. The van der Waals surface area contributed by atoms with E-state index in [9.17, 15) is 18.3 Å². The van der Waals surface area contributed by atoms with Crippen LogP contribution in [-0.2, 0) is 25.2 Å². The van der Waals surface area contributed by atoms with Gasteiger partial charge in [0.05, 0.1) is 15.8 Å². The summed E-state index contributed by atoms with van der Waals surface area (Å²) < 4.78 is 31.4. The number of rotatable bonds is 6. The van der Waals surface area contributed by atoms with Gasteiger partial charge in [0.1, 0.15) is 0 Å². The van der Waals surface area contributed by atoms with Crippen LogP contribution in [0.4, 0.5) is 0 Å². The zero-order chi connectivity index (χ0) is 18.1. The molecule has 0 aliphatic carbocycles. The molecular weight excluding hydrogens is 445 g/mol. The molecule has 132 valence electrons. The molecule has 0 fully saturated rings. The van der Waals surface area contributed by atoms with Crippen molar-refractivity contribution in [2.75, 3.05) is 11.1 Å². The molecule has 2 rings (SSSR count). The number of benzene rings is 1. The van der Waals surface area contributed by atoms with Crippen LogP contribution in [0, 0.1) is 0 Å². The lowest BCUT2D eigenvalue weighted by molar-refractivity contribution is -0.131. The smallest absolute Gasteiger partial charge is 0.250 e. The third-order valence-corrected chi connectivity index (χ3v) is 6.13. The van der Waals surface area contributed by atoms with Crippen molar-refractivity contribution in [1.29, 1.82) is 0 Å². The second kappa shape index (κ2) is 7.11. The van der Waals surface area contributed by atoms with Crippen molar-refractivity contribution >= 4 is 54.9 Å². The van der Waals surface area contributed by atoms with E-state index in [4.69, 9.17) is 27.9 Å². The van der Waals surface area contributed by atoms with Gasteiger partial charge in [-0.3, -0.25) is 9.52 Å². The summed E-state index contributed by atoms with van der Waals surface area (Å²) in [6.45, 7) is 1.38. The number of aliphatic hydroxyl groups is 1. The van der Waals surface area contributed by atoms with E-state index in [1.54, 1.807) is 6.07 Å². The normalized spacial score (nSPS) is 21.1. The number of sulfonamides is 1. The number of nitrogens with one attached hydrogen (secondary N) is 1. The van der Waals surface area contributed by atoms with Crippen molar-refractivity contribution in [3.05, 3.63) is 45.5 Å². The van der Waals surface area contributed by atoms with Crippen LogP contribution in [0.1, 0.15) is 18.9 Å². The molecule has 0 saturated carbocycles. The number of ether oxygens (including phenoxy) is 1. The number of hydrogen-bond acceptors (Lipinski definition) is 5. The van der Waals surface area contributed by atoms with Gasteiger partial charge in [-0.05, 0) is 19.4 Å². The fourth-order valence-corrected chi connectivity index (χ4v) is 4.36. The van der Waals surface area contributed by atoms with E-state index in [1.807, 2.05) is 0 Å². The van der Waals surface area contributed by atoms with Crippen molar-refractivity contribution in [3.8, 4) is 0 Å². The lowest BCUT2D eigenvalue weighted by atomic mass is 9.91. The van der Waals surface area contributed by atoms with Gasteiger partial charge in [-0.25, -0.2) is 8.42 Å². The Balaban J connectivity index is 2.34. The van der Waals surface area contributed by atoms with Gasteiger partial charge in [-0.2, -0.15) is 0 Å². The molecule has 0 saturated heterocycles. The number of carbonyl (C=O) groups is 1. The van der Waals surface area contributed by atoms with Crippen LogP contribution in [0.5, 0.6) is 0 Å². The number of carbonyl (C=O) groups excluding carboxylic acids is 1. The molecule has 0 spiro atoms. The predicted molar refractivity (Wildman–Crippen MR) is 94.9 cm³/mol. The fourth-order valence-electron chi connectivity index (χ4n) is 2.18. The van der Waals surface area contributed by atoms with Gasteiger partial charge < -0.3 is 9.84 Å². The molecule has 24 heavy (non-hydrogen) atoms. The maximum Gasteiger partial charge on any atom is 0.250 e. The Labute approximate surface area is 158 Å². The van der Waals surface area contributed by atoms with E-state index < -0.39 is 33.0 Å². The third kappa shape index (κ3) is 3.66. The lowest BCUT2D eigenvalue weighted by Crippen LogP contribution is -2.33. The summed E-state index contributed by atoms with van der Waals surface area (Å²) in [7, 11) is -3.77. The molecule has 1 aromatic carbocycles. The van der Waals surface area contributed by atoms with Crippen LogP contribution in [0.25, 0.3) is 0 Å². The quantitative estimate of drug-likeness (QED) is 0.638. The van der Waals surface area contributed by atoms with E-state index in [0.29, 0.717) is 11.8 Å². The summed E-state index contributed by atoms with van der Waals surface area (Å²) in [4.78, 5) is 12.4. The molecule has 1 unspecified atom stereocenters. The monoisotopic (exact) mass is 457 g/mol. The molecule has 0 bridgehead atoms. The Morgan fingerprint density at radius 2 is 2.04 bits per heavy atom. The van der Waals surface area contributed by atoms with Gasteiger partial charge in [-0.15, -0.1) is 0 Å². The number of alkyl halides is 1. The SMILES string of the molecule is CC1(c2cccc(Cl)c2Cl)OC(NS(=O)(=O)CCCBr)=C(O)C1=O. The molecule has 0 aromatic heterocycles. The second-order valence-corrected chi connectivity index (χ2v) is 8.63. The largest absolute Gasteiger partial charge is 0.501 e.